The van der Waals surface area contributed by atoms with Crippen LogP contribution in [0.4, 0.5) is 0 Å². The Kier molecular flexibility index (Phi) is 5.88. The summed E-state index contributed by atoms with van der Waals surface area (Å²) in [4.78, 5) is 12.1. The summed E-state index contributed by atoms with van der Waals surface area (Å²) in [6, 6.07) is 18.4. The second kappa shape index (κ2) is 7.89. The van der Waals surface area contributed by atoms with E-state index in [0.717, 1.165) is 11.3 Å². The van der Waals surface area contributed by atoms with E-state index in [4.69, 9.17) is 0 Å². The van der Waals surface area contributed by atoms with E-state index in [1.54, 1.807) is 11.8 Å². The summed E-state index contributed by atoms with van der Waals surface area (Å²) >= 11 is 1.66. The molecule has 0 spiro atoms. The van der Waals surface area contributed by atoms with Crippen molar-refractivity contribution in [2.45, 2.75) is 31.4 Å². The Morgan fingerprint density at radius 2 is 1.81 bits per heavy atom. The molecular weight excluding hydrogens is 278 g/mol. The second-order valence-corrected chi connectivity index (χ2v) is 6.47. The third kappa shape index (κ3) is 5.27. The third-order valence-corrected chi connectivity index (χ3v) is 4.48. The Balaban J connectivity index is 1.77. The normalized spacial score (nSPS) is 11.9. The highest BCUT2D eigenvalue weighted by Crippen LogP contribution is 2.17. The Hall–Kier alpha value is -1.74. The lowest BCUT2D eigenvalue weighted by molar-refractivity contribution is -0.120. The maximum absolute atomic E-state index is 12.1. The highest BCUT2D eigenvalue weighted by Gasteiger charge is 2.12. The van der Waals surface area contributed by atoms with E-state index in [1.807, 2.05) is 37.3 Å². The third-order valence-electron chi connectivity index (χ3n) is 3.26. The first-order valence-corrected chi connectivity index (χ1v) is 8.19. The smallest absolute Gasteiger partial charge is 0.233 e. The molecule has 0 heterocycles. The Labute approximate surface area is 131 Å². The van der Waals surface area contributed by atoms with Gasteiger partial charge in [0.25, 0.3) is 0 Å². The fraction of sp³-hybridized carbons (Fsp3) is 0.278. The van der Waals surface area contributed by atoms with Gasteiger partial charge in [-0.1, -0.05) is 60.2 Å². The molecule has 0 aliphatic carbocycles. The highest BCUT2D eigenvalue weighted by molar-refractivity contribution is 7.99. The number of aryl methyl sites for hydroxylation is 1. The molecule has 0 saturated heterocycles. The zero-order valence-electron chi connectivity index (χ0n) is 12.5. The molecule has 2 rings (SSSR count). The van der Waals surface area contributed by atoms with Gasteiger partial charge in [-0.3, -0.25) is 4.79 Å². The Bertz CT molecular complexity index is 583. The summed E-state index contributed by atoms with van der Waals surface area (Å²) in [5.41, 5.74) is 3.61. The molecule has 2 aromatic rings. The maximum atomic E-state index is 12.1. The largest absolute Gasteiger partial charge is 0.351 e. The molecule has 0 radical (unpaired) electrons. The Morgan fingerprint density at radius 3 is 2.52 bits per heavy atom. The van der Waals surface area contributed by atoms with Crippen molar-refractivity contribution in [1.29, 1.82) is 0 Å². The summed E-state index contributed by atoms with van der Waals surface area (Å²) in [6.07, 6.45) is 0. The fourth-order valence-corrected chi connectivity index (χ4v) is 2.90. The van der Waals surface area contributed by atoms with Crippen molar-refractivity contribution in [3.63, 3.8) is 0 Å². The van der Waals surface area contributed by atoms with Crippen molar-refractivity contribution in [2.75, 3.05) is 0 Å². The lowest BCUT2D eigenvalue weighted by Crippen LogP contribution is -2.30. The summed E-state index contributed by atoms with van der Waals surface area (Å²) in [6.45, 7) is 4.61. The van der Waals surface area contributed by atoms with Crippen molar-refractivity contribution in [3.8, 4) is 0 Å². The van der Waals surface area contributed by atoms with Crippen molar-refractivity contribution in [1.82, 2.24) is 5.32 Å². The van der Waals surface area contributed by atoms with E-state index < -0.39 is 0 Å². The van der Waals surface area contributed by atoms with Gasteiger partial charge in [-0.15, -0.1) is 11.8 Å². The standard InChI is InChI=1S/C18H21NOS/c1-14-7-6-10-17(11-14)12-19-18(20)15(2)21-13-16-8-4-3-5-9-16/h3-11,15H,12-13H2,1-2H3,(H,19,20)/t15-/m0/s1. The number of hydrogen-bond donors (Lipinski definition) is 1. The molecule has 0 saturated carbocycles. The van der Waals surface area contributed by atoms with Crippen LogP contribution >= 0.6 is 11.8 Å². The zero-order chi connectivity index (χ0) is 15.1. The van der Waals surface area contributed by atoms with Crippen LogP contribution in [0.1, 0.15) is 23.6 Å². The summed E-state index contributed by atoms with van der Waals surface area (Å²) in [7, 11) is 0. The summed E-state index contributed by atoms with van der Waals surface area (Å²) in [5, 5.41) is 2.96. The van der Waals surface area contributed by atoms with Crippen LogP contribution in [0.25, 0.3) is 0 Å². The molecule has 3 heteroatoms. The molecule has 1 N–H and O–H groups in total. The van der Waals surface area contributed by atoms with Gasteiger partial charge in [0.1, 0.15) is 0 Å². The number of rotatable bonds is 6. The highest BCUT2D eigenvalue weighted by atomic mass is 32.2. The van der Waals surface area contributed by atoms with Crippen molar-refractivity contribution in [3.05, 3.63) is 71.3 Å². The first-order chi connectivity index (χ1) is 10.1. The summed E-state index contributed by atoms with van der Waals surface area (Å²) < 4.78 is 0. The van der Waals surface area contributed by atoms with Gasteiger partial charge in [0, 0.05) is 12.3 Å². The minimum absolute atomic E-state index is 0.0463. The number of thioether (sulfide) groups is 1. The van der Waals surface area contributed by atoms with Gasteiger partial charge < -0.3 is 5.32 Å². The summed E-state index contributed by atoms with van der Waals surface area (Å²) in [5.74, 6) is 0.956. The van der Waals surface area contributed by atoms with Crippen LogP contribution in [0.15, 0.2) is 54.6 Å². The van der Waals surface area contributed by atoms with Crippen molar-refractivity contribution in [2.24, 2.45) is 0 Å². The first kappa shape index (κ1) is 15.6. The molecule has 0 aliphatic rings. The van der Waals surface area contributed by atoms with Crippen molar-refractivity contribution >= 4 is 17.7 Å². The average molecular weight is 299 g/mol. The van der Waals surface area contributed by atoms with Gasteiger partial charge in [-0.25, -0.2) is 0 Å². The monoisotopic (exact) mass is 299 g/mol. The molecule has 2 nitrogen and oxygen atoms in total. The molecule has 21 heavy (non-hydrogen) atoms. The number of benzene rings is 2. The number of hydrogen-bond acceptors (Lipinski definition) is 2. The SMILES string of the molecule is Cc1cccc(CNC(=O)[C@H](C)SCc2ccccc2)c1. The Morgan fingerprint density at radius 1 is 1.10 bits per heavy atom. The van der Waals surface area contributed by atoms with Crippen LogP contribution in [0.3, 0.4) is 0 Å². The van der Waals surface area contributed by atoms with E-state index in [2.05, 4.69) is 36.5 Å². The molecule has 0 fully saturated rings. The topological polar surface area (TPSA) is 29.1 Å². The number of carbonyl (C=O) groups is 1. The lowest BCUT2D eigenvalue weighted by Gasteiger charge is -2.12. The van der Waals surface area contributed by atoms with Crippen LogP contribution in [-0.4, -0.2) is 11.2 Å². The van der Waals surface area contributed by atoms with Gasteiger partial charge in [0.2, 0.25) is 5.91 Å². The van der Waals surface area contributed by atoms with Crippen LogP contribution in [0.2, 0.25) is 0 Å². The van der Waals surface area contributed by atoms with E-state index in [0.29, 0.717) is 6.54 Å². The quantitative estimate of drug-likeness (QED) is 0.875. The molecule has 0 aromatic heterocycles. The maximum Gasteiger partial charge on any atom is 0.233 e. The number of amides is 1. The van der Waals surface area contributed by atoms with Crippen LogP contribution in [0.5, 0.6) is 0 Å². The van der Waals surface area contributed by atoms with Crippen molar-refractivity contribution < 1.29 is 4.79 Å². The van der Waals surface area contributed by atoms with E-state index in [9.17, 15) is 4.79 Å². The average Bonchev–Trinajstić information content (AvgIpc) is 2.51. The van der Waals surface area contributed by atoms with Gasteiger partial charge in [-0.05, 0) is 25.0 Å². The lowest BCUT2D eigenvalue weighted by atomic mass is 10.1. The zero-order valence-corrected chi connectivity index (χ0v) is 13.3. The van der Waals surface area contributed by atoms with E-state index in [1.165, 1.54) is 11.1 Å². The molecule has 1 amide bonds. The number of carbonyl (C=O) groups excluding carboxylic acids is 1. The van der Waals surface area contributed by atoms with Gasteiger partial charge in [0.15, 0.2) is 0 Å². The van der Waals surface area contributed by atoms with E-state index in [-0.39, 0.29) is 11.2 Å². The van der Waals surface area contributed by atoms with Crippen LogP contribution in [0, 0.1) is 6.92 Å². The first-order valence-electron chi connectivity index (χ1n) is 7.14. The number of nitrogens with one attached hydrogen (secondary N) is 1. The van der Waals surface area contributed by atoms with Gasteiger partial charge >= 0.3 is 0 Å². The van der Waals surface area contributed by atoms with Gasteiger partial charge in [0.05, 0.1) is 5.25 Å². The van der Waals surface area contributed by atoms with Crippen LogP contribution < -0.4 is 5.32 Å². The van der Waals surface area contributed by atoms with Gasteiger partial charge in [-0.2, -0.15) is 0 Å². The molecule has 2 aromatic carbocycles. The van der Waals surface area contributed by atoms with Crippen LogP contribution in [-0.2, 0) is 17.1 Å². The predicted octanol–water partition coefficient (Wildman–Crippen LogP) is 3.93. The molecule has 1 atom stereocenters. The second-order valence-electron chi connectivity index (χ2n) is 5.15. The molecule has 0 bridgehead atoms. The van der Waals surface area contributed by atoms with E-state index >= 15 is 0 Å². The molecular formula is C18H21NOS. The molecule has 0 unspecified atom stereocenters. The minimum atomic E-state index is -0.0463. The minimum Gasteiger partial charge on any atom is -0.351 e. The fourth-order valence-electron chi connectivity index (χ4n) is 2.03. The molecule has 110 valence electrons. The molecule has 0 aliphatic heterocycles. The predicted molar refractivity (Wildman–Crippen MR) is 90.2 cm³/mol.